The number of methoxy groups -OCH3 is 1. The molecule has 1 rings (SSSR count). The van der Waals surface area contributed by atoms with Crippen LogP contribution in [0.25, 0.3) is 0 Å². The van der Waals surface area contributed by atoms with Crippen molar-refractivity contribution >= 4 is 5.97 Å². The number of hydrogen-bond acceptors (Lipinski definition) is 4. The van der Waals surface area contributed by atoms with E-state index in [1.54, 1.807) is 0 Å². The summed E-state index contributed by atoms with van der Waals surface area (Å²) in [5.41, 5.74) is 5.55. The molecule has 0 saturated carbocycles. The average molecular weight is 229 g/mol. The Morgan fingerprint density at radius 3 is 2.62 bits per heavy atom. The standard InChI is InChI=1S/C10H12FNO4/c1-4-5(7(12)10(14)15)3-6(11)9(16-2)8(4)13/h3,7,13H,12H2,1-2H3,(H,14,15). The van der Waals surface area contributed by atoms with Crippen LogP contribution in [0.2, 0.25) is 0 Å². The minimum atomic E-state index is -1.38. The highest BCUT2D eigenvalue weighted by molar-refractivity contribution is 5.76. The lowest BCUT2D eigenvalue weighted by atomic mass is 10.0. The van der Waals surface area contributed by atoms with E-state index in [1.807, 2.05) is 0 Å². The summed E-state index contributed by atoms with van der Waals surface area (Å²) >= 11 is 0. The molecule has 5 nitrogen and oxygen atoms in total. The van der Waals surface area contributed by atoms with Gasteiger partial charge < -0.3 is 20.7 Å². The van der Waals surface area contributed by atoms with E-state index in [0.29, 0.717) is 0 Å². The summed E-state index contributed by atoms with van der Waals surface area (Å²) in [4.78, 5) is 10.7. The molecule has 1 aromatic carbocycles. The van der Waals surface area contributed by atoms with Crippen LogP contribution in [0.4, 0.5) is 4.39 Å². The molecule has 0 radical (unpaired) electrons. The predicted octanol–water partition coefficient (Wildman–Crippen LogP) is 0.933. The zero-order chi connectivity index (χ0) is 12.5. The fraction of sp³-hybridized carbons (Fsp3) is 0.300. The van der Waals surface area contributed by atoms with Crippen LogP contribution in [0.1, 0.15) is 17.2 Å². The predicted molar refractivity (Wildman–Crippen MR) is 53.9 cm³/mol. The maximum atomic E-state index is 13.4. The zero-order valence-corrected chi connectivity index (χ0v) is 8.82. The molecular formula is C10H12FNO4. The van der Waals surface area contributed by atoms with E-state index >= 15 is 0 Å². The monoisotopic (exact) mass is 229 g/mol. The number of nitrogens with two attached hydrogens (primary N) is 1. The number of halogens is 1. The first-order valence-corrected chi connectivity index (χ1v) is 4.44. The number of carboxylic acids is 1. The topological polar surface area (TPSA) is 92.8 Å². The van der Waals surface area contributed by atoms with Crippen molar-refractivity contribution in [3.8, 4) is 11.5 Å². The van der Waals surface area contributed by atoms with E-state index in [4.69, 9.17) is 10.8 Å². The van der Waals surface area contributed by atoms with Crippen molar-refractivity contribution in [2.45, 2.75) is 13.0 Å². The van der Waals surface area contributed by atoms with Gasteiger partial charge in [-0.05, 0) is 18.6 Å². The van der Waals surface area contributed by atoms with Gasteiger partial charge in [0.15, 0.2) is 17.3 Å². The van der Waals surface area contributed by atoms with Crippen molar-refractivity contribution in [3.05, 3.63) is 23.0 Å². The van der Waals surface area contributed by atoms with Crippen molar-refractivity contribution < 1.29 is 24.1 Å². The summed E-state index contributed by atoms with van der Waals surface area (Å²) in [7, 11) is 1.20. The Hall–Kier alpha value is -1.82. The fourth-order valence-electron chi connectivity index (χ4n) is 1.38. The number of benzene rings is 1. The second-order valence-corrected chi connectivity index (χ2v) is 3.27. The molecule has 0 saturated heterocycles. The van der Waals surface area contributed by atoms with Gasteiger partial charge in [-0.1, -0.05) is 0 Å². The van der Waals surface area contributed by atoms with E-state index in [-0.39, 0.29) is 16.9 Å². The van der Waals surface area contributed by atoms with Crippen LogP contribution in [-0.2, 0) is 4.79 Å². The summed E-state index contributed by atoms with van der Waals surface area (Å²) in [5.74, 6) is -2.91. The van der Waals surface area contributed by atoms with Gasteiger partial charge in [0.05, 0.1) is 7.11 Å². The van der Waals surface area contributed by atoms with Gasteiger partial charge in [0, 0.05) is 5.56 Å². The van der Waals surface area contributed by atoms with E-state index in [2.05, 4.69) is 4.74 Å². The number of carbonyl (C=O) groups is 1. The van der Waals surface area contributed by atoms with Crippen LogP contribution in [-0.4, -0.2) is 23.3 Å². The van der Waals surface area contributed by atoms with Gasteiger partial charge in [0.1, 0.15) is 6.04 Å². The second-order valence-electron chi connectivity index (χ2n) is 3.27. The fourth-order valence-corrected chi connectivity index (χ4v) is 1.38. The van der Waals surface area contributed by atoms with Crippen molar-refractivity contribution in [1.82, 2.24) is 0 Å². The smallest absolute Gasteiger partial charge is 0.325 e. The number of phenolic OH excluding ortho intramolecular Hbond substituents is 1. The van der Waals surface area contributed by atoms with Crippen LogP contribution in [0.5, 0.6) is 11.5 Å². The van der Waals surface area contributed by atoms with Gasteiger partial charge in [-0.15, -0.1) is 0 Å². The van der Waals surface area contributed by atoms with E-state index < -0.39 is 23.6 Å². The zero-order valence-electron chi connectivity index (χ0n) is 8.82. The summed E-state index contributed by atoms with van der Waals surface area (Å²) in [6.45, 7) is 1.44. The summed E-state index contributed by atoms with van der Waals surface area (Å²) in [6.07, 6.45) is 0. The largest absolute Gasteiger partial charge is 0.504 e. The Balaban J connectivity index is 3.39. The minimum absolute atomic E-state index is 0.0169. The molecule has 0 fully saturated rings. The summed E-state index contributed by atoms with van der Waals surface area (Å²) in [6, 6.07) is -0.432. The van der Waals surface area contributed by atoms with E-state index in [1.165, 1.54) is 14.0 Å². The Morgan fingerprint density at radius 1 is 1.62 bits per heavy atom. The molecule has 4 N–H and O–H groups in total. The Morgan fingerprint density at radius 2 is 2.19 bits per heavy atom. The van der Waals surface area contributed by atoms with Gasteiger partial charge in [0.2, 0.25) is 0 Å². The molecule has 16 heavy (non-hydrogen) atoms. The van der Waals surface area contributed by atoms with Gasteiger partial charge in [-0.2, -0.15) is 0 Å². The van der Waals surface area contributed by atoms with Crippen LogP contribution < -0.4 is 10.5 Å². The molecular weight excluding hydrogens is 217 g/mol. The van der Waals surface area contributed by atoms with Gasteiger partial charge in [-0.3, -0.25) is 4.79 Å². The molecule has 0 aliphatic rings. The highest BCUT2D eigenvalue weighted by atomic mass is 19.1. The second kappa shape index (κ2) is 4.36. The van der Waals surface area contributed by atoms with Crippen molar-refractivity contribution in [3.63, 3.8) is 0 Å². The van der Waals surface area contributed by atoms with Gasteiger partial charge >= 0.3 is 5.97 Å². The number of carboxylic acid groups (broad SMARTS) is 1. The molecule has 0 heterocycles. The Bertz CT molecular complexity index is 433. The molecule has 88 valence electrons. The Kier molecular flexibility index (Phi) is 3.34. The molecule has 0 bridgehead atoms. The molecule has 1 unspecified atom stereocenters. The number of aliphatic carboxylic acids is 1. The van der Waals surface area contributed by atoms with Gasteiger partial charge in [0.25, 0.3) is 0 Å². The number of ether oxygens (including phenoxy) is 1. The molecule has 0 amide bonds. The van der Waals surface area contributed by atoms with Crippen molar-refractivity contribution in [1.29, 1.82) is 0 Å². The number of hydrogen-bond donors (Lipinski definition) is 3. The maximum Gasteiger partial charge on any atom is 0.325 e. The SMILES string of the molecule is COc1c(F)cc(C(N)C(=O)O)c(C)c1O. The first-order valence-electron chi connectivity index (χ1n) is 4.44. The highest BCUT2D eigenvalue weighted by Gasteiger charge is 2.23. The normalized spacial score (nSPS) is 12.2. The number of phenols is 1. The van der Waals surface area contributed by atoms with Crippen molar-refractivity contribution in [2.24, 2.45) is 5.73 Å². The molecule has 1 aromatic rings. The lowest BCUT2D eigenvalue weighted by molar-refractivity contribution is -0.138. The van der Waals surface area contributed by atoms with E-state index in [0.717, 1.165) is 6.07 Å². The first-order chi connectivity index (χ1) is 7.40. The minimum Gasteiger partial charge on any atom is -0.504 e. The quantitative estimate of drug-likeness (QED) is 0.717. The highest BCUT2D eigenvalue weighted by Crippen LogP contribution is 2.36. The molecule has 0 aliphatic carbocycles. The van der Waals surface area contributed by atoms with E-state index in [9.17, 15) is 14.3 Å². The van der Waals surface area contributed by atoms with Crippen molar-refractivity contribution in [2.75, 3.05) is 7.11 Å². The third-order valence-electron chi connectivity index (χ3n) is 2.31. The van der Waals surface area contributed by atoms with Crippen LogP contribution >= 0.6 is 0 Å². The summed E-state index contributed by atoms with van der Waals surface area (Å²) < 4.78 is 18.0. The number of aromatic hydroxyl groups is 1. The maximum absolute atomic E-state index is 13.4. The number of rotatable bonds is 3. The van der Waals surface area contributed by atoms with Gasteiger partial charge in [-0.25, -0.2) is 4.39 Å². The molecule has 1 atom stereocenters. The van der Waals surface area contributed by atoms with Crippen LogP contribution in [0.15, 0.2) is 6.07 Å². The third kappa shape index (κ3) is 1.92. The molecule has 0 aromatic heterocycles. The first kappa shape index (κ1) is 12.3. The molecule has 0 spiro atoms. The van der Waals surface area contributed by atoms with Crippen LogP contribution in [0, 0.1) is 12.7 Å². The average Bonchev–Trinajstić information content (AvgIpc) is 2.23. The molecule has 0 aliphatic heterocycles. The lowest BCUT2D eigenvalue weighted by Gasteiger charge is -2.14. The third-order valence-corrected chi connectivity index (χ3v) is 2.31. The lowest BCUT2D eigenvalue weighted by Crippen LogP contribution is -2.22. The molecule has 6 heteroatoms. The van der Waals surface area contributed by atoms with Crippen LogP contribution in [0.3, 0.4) is 0 Å². The Labute approximate surface area is 91.3 Å². The summed E-state index contributed by atoms with van der Waals surface area (Å²) in [5, 5.41) is 18.3.